The molecule has 7 heteroatoms. The highest BCUT2D eigenvalue weighted by molar-refractivity contribution is 7.12. The van der Waals surface area contributed by atoms with Gasteiger partial charge in [-0.25, -0.2) is 0 Å². The lowest BCUT2D eigenvalue weighted by Gasteiger charge is -2.22. The lowest BCUT2D eigenvalue weighted by Crippen LogP contribution is -2.45. The van der Waals surface area contributed by atoms with Gasteiger partial charge in [0.2, 0.25) is 5.91 Å². The van der Waals surface area contributed by atoms with Crippen molar-refractivity contribution in [1.29, 1.82) is 0 Å². The van der Waals surface area contributed by atoms with Crippen molar-refractivity contribution < 1.29 is 9.59 Å². The fraction of sp³-hybridized carbons (Fsp3) is 0.231. The van der Waals surface area contributed by atoms with Gasteiger partial charge >= 0.3 is 0 Å². The van der Waals surface area contributed by atoms with Gasteiger partial charge < -0.3 is 20.5 Å². The van der Waals surface area contributed by atoms with Gasteiger partial charge in [-0.3, -0.25) is 9.59 Å². The predicted octanol–water partition coefficient (Wildman–Crippen LogP) is 5.06. The molecule has 0 aliphatic rings. The van der Waals surface area contributed by atoms with Gasteiger partial charge in [0, 0.05) is 48.0 Å². The number of aromatic amines is 1. The summed E-state index contributed by atoms with van der Waals surface area (Å²) < 4.78 is 0. The summed E-state index contributed by atoms with van der Waals surface area (Å²) >= 11 is 1.35. The largest absolute Gasteiger partial charge is 0.372 e. The van der Waals surface area contributed by atoms with Crippen LogP contribution in [0.5, 0.6) is 0 Å². The van der Waals surface area contributed by atoms with E-state index < -0.39 is 6.04 Å². The van der Waals surface area contributed by atoms with Gasteiger partial charge in [-0.05, 0) is 61.2 Å². The molecule has 2 amide bonds. The highest BCUT2D eigenvalue weighted by Gasteiger charge is 2.24. The average Bonchev–Trinajstić information content (AvgIpc) is 3.51. The SMILES string of the molecule is CCN(CC)c1ccc(NC(=O)C(Cc2c[nH]c3ccccc23)NC(=O)c2cccs2)cc1. The zero-order valence-electron chi connectivity index (χ0n) is 18.8. The maximum atomic E-state index is 13.3. The third-order valence-corrected chi connectivity index (χ3v) is 6.60. The number of thiophene rings is 1. The van der Waals surface area contributed by atoms with Crippen LogP contribution in [0.2, 0.25) is 0 Å². The third kappa shape index (κ3) is 5.26. The number of fused-ring (bicyclic) bond motifs is 1. The molecule has 33 heavy (non-hydrogen) atoms. The Labute approximate surface area is 197 Å². The first-order chi connectivity index (χ1) is 16.1. The van der Waals surface area contributed by atoms with Gasteiger partial charge in [0.05, 0.1) is 4.88 Å². The van der Waals surface area contributed by atoms with Crippen LogP contribution in [0, 0.1) is 0 Å². The number of carbonyl (C=O) groups is 2. The Balaban J connectivity index is 1.54. The smallest absolute Gasteiger partial charge is 0.262 e. The molecule has 2 heterocycles. The van der Waals surface area contributed by atoms with E-state index in [1.165, 1.54) is 11.3 Å². The monoisotopic (exact) mass is 460 g/mol. The molecule has 170 valence electrons. The number of amides is 2. The minimum absolute atomic E-state index is 0.248. The number of rotatable bonds is 9. The van der Waals surface area contributed by atoms with E-state index in [1.807, 2.05) is 66.2 Å². The summed E-state index contributed by atoms with van der Waals surface area (Å²) in [6.07, 6.45) is 2.28. The third-order valence-electron chi connectivity index (χ3n) is 5.73. The molecule has 0 bridgehead atoms. The highest BCUT2D eigenvalue weighted by Crippen LogP contribution is 2.21. The van der Waals surface area contributed by atoms with Crippen molar-refractivity contribution in [2.24, 2.45) is 0 Å². The van der Waals surface area contributed by atoms with Crippen LogP contribution < -0.4 is 15.5 Å². The number of anilines is 2. The lowest BCUT2D eigenvalue weighted by molar-refractivity contribution is -0.118. The number of hydrogen-bond donors (Lipinski definition) is 3. The Morgan fingerprint density at radius 2 is 1.76 bits per heavy atom. The number of benzene rings is 2. The van der Waals surface area contributed by atoms with Crippen molar-refractivity contribution in [3.05, 3.63) is 82.7 Å². The van der Waals surface area contributed by atoms with Crippen LogP contribution in [0.1, 0.15) is 29.1 Å². The average molecular weight is 461 g/mol. The van der Waals surface area contributed by atoms with Gasteiger partial charge in [-0.15, -0.1) is 11.3 Å². The van der Waals surface area contributed by atoms with Crippen molar-refractivity contribution in [3.63, 3.8) is 0 Å². The van der Waals surface area contributed by atoms with E-state index in [4.69, 9.17) is 0 Å². The molecule has 3 N–H and O–H groups in total. The second-order valence-electron chi connectivity index (χ2n) is 7.78. The second kappa shape index (κ2) is 10.4. The normalized spacial score (nSPS) is 11.8. The summed E-state index contributed by atoms with van der Waals surface area (Å²) in [5, 5.41) is 8.80. The number of nitrogens with zero attached hydrogens (tertiary/aromatic N) is 1. The number of hydrogen-bond acceptors (Lipinski definition) is 4. The van der Waals surface area contributed by atoms with Crippen molar-refractivity contribution in [2.75, 3.05) is 23.3 Å². The van der Waals surface area contributed by atoms with E-state index in [-0.39, 0.29) is 11.8 Å². The minimum Gasteiger partial charge on any atom is -0.372 e. The molecule has 0 saturated carbocycles. The van der Waals surface area contributed by atoms with E-state index in [0.717, 1.165) is 35.2 Å². The summed E-state index contributed by atoms with van der Waals surface area (Å²) in [6, 6.07) is 18.6. The first kappa shape index (κ1) is 22.6. The van der Waals surface area contributed by atoms with Crippen LogP contribution >= 0.6 is 11.3 Å². The van der Waals surface area contributed by atoms with E-state index in [2.05, 4.69) is 34.4 Å². The van der Waals surface area contributed by atoms with Crippen molar-refractivity contribution in [2.45, 2.75) is 26.3 Å². The molecule has 0 aliphatic carbocycles. The maximum absolute atomic E-state index is 13.3. The van der Waals surface area contributed by atoms with E-state index in [9.17, 15) is 9.59 Å². The summed E-state index contributed by atoms with van der Waals surface area (Å²) in [5.41, 5.74) is 3.79. The summed E-state index contributed by atoms with van der Waals surface area (Å²) in [5.74, 6) is -0.498. The topological polar surface area (TPSA) is 77.2 Å². The molecule has 0 saturated heterocycles. The van der Waals surface area contributed by atoms with Crippen molar-refractivity contribution in [3.8, 4) is 0 Å². The van der Waals surface area contributed by atoms with Crippen molar-refractivity contribution in [1.82, 2.24) is 10.3 Å². The van der Waals surface area contributed by atoms with Crippen LogP contribution in [0.15, 0.2) is 72.2 Å². The molecule has 1 atom stereocenters. The van der Waals surface area contributed by atoms with Crippen LogP contribution in [0.25, 0.3) is 10.9 Å². The summed E-state index contributed by atoms with van der Waals surface area (Å²) in [4.78, 5) is 32.1. The molecular formula is C26H28N4O2S. The van der Waals surface area contributed by atoms with Gasteiger partial charge in [0.1, 0.15) is 6.04 Å². The first-order valence-corrected chi connectivity index (χ1v) is 12.0. The highest BCUT2D eigenvalue weighted by atomic mass is 32.1. The van der Waals surface area contributed by atoms with Crippen LogP contribution in [-0.2, 0) is 11.2 Å². The molecule has 2 aromatic carbocycles. The van der Waals surface area contributed by atoms with Crippen LogP contribution in [-0.4, -0.2) is 35.9 Å². The minimum atomic E-state index is -0.721. The molecular weight excluding hydrogens is 432 g/mol. The zero-order chi connectivity index (χ0) is 23.2. The van der Waals surface area contributed by atoms with Gasteiger partial charge in [-0.2, -0.15) is 0 Å². The van der Waals surface area contributed by atoms with E-state index >= 15 is 0 Å². The van der Waals surface area contributed by atoms with Gasteiger partial charge in [0.25, 0.3) is 5.91 Å². The molecule has 4 aromatic rings. The molecule has 4 rings (SSSR count). The number of aromatic nitrogens is 1. The molecule has 1 unspecified atom stereocenters. The Kier molecular flexibility index (Phi) is 7.10. The molecule has 0 fully saturated rings. The van der Waals surface area contributed by atoms with E-state index in [1.54, 1.807) is 6.07 Å². The summed E-state index contributed by atoms with van der Waals surface area (Å²) in [6.45, 7) is 6.07. The lowest BCUT2D eigenvalue weighted by atomic mass is 10.0. The maximum Gasteiger partial charge on any atom is 0.262 e. The Hall–Kier alpha value is -3.58. The van der Waals surface area contributed by atoms with Crippen molar-refractivity contribution >= 4 is 45.4 Å². The fourth-order valence-electron chi connectivity index (χ4n) is 3.94. The Morgan fingerprint density at radius 1 is 1.00 bits per heavy atom. The number of nitrogens with one attached hydrogen (secondary N) is 3. The quantitative estimate of drug-likeness (QED) is 0.327. The zero-order valence-corrected chi connectivity index (χ0v) is 19.6. The predicted molar refractivity (Wildman–Crippen MR) is 136 cm³/mol. The Bertz CT molecular complexity index is 1210. The van der Waals surface area contributed by atoms with Crippen LogP contribution in [0.3, 0.4) is 0 Å². The molecule has 0 radical (unpaired) electrons. The van der Waals surface area contributed by atoms with Crippen LogP contribution in [0.4, 0.5) is 11.4 Å². The molecule has 2 aromatic heterocycles. The summed E-state index contributed by atoms with van der Waals surface area (Å²) in [7, 11) is 0. The Morgan fingerprint density at radius 3 is 2.45 bits per heavy atom. The first-order valence-electron chi connectivity index (χ1n) is 11.1. The fourth-order valence-corrected chi connectivity index (χ4v) is 4.57. The van der Waals surface area contributed by atoms with E-state index in [0.29, 0.717) is 17.0 Å². The number of carbonyl (C=O) groups excluding carboxylic acids is 2. The second-order valence-corrected chi connectivity index (χ2v) is 8.72. The van der Waals surface area contributed by atoms with Gasteiger partial charge in [-0.1, -0.05) is 24.3 Å². The number of H-pyrrole nitrogens is 1. The van der Waals surface area contributed by atoms with Gasteiger partial charge in [0.15, 0.2) is 0 Å². The molecule has 0 aliphatic heterocycles. The standard InChI is InChI=1S/C26H28N4O2S/c1-3-30(4-2)20-13-11-19(12-14-20)28-25(31)23(29-26(32)24-10-7-15-33-24)16-18-17-27-22-9-6-5-8-21(18)22/h5-15,17,23,27H,3-4,16H2,1-2H3,(H,28,31)(H,29,32). The number of para-hydroxylation sites is 1. The molecule has 6 nitrogen and oxygen atoms in total. The molecule has 0 spiro atoms.